The molecule has 1 aliphatic carbocycles. The first-order valence-corrected chi connectivity index (χ1v) is 9.49. The minimum Gasteiger partial charge on any atom is -0.321 e. The van der Waals surface area contributed by atoms with Crippen LogP contribution < -0.4 is 5.32 Å². The first kappa shape index (κ1) is 16.1. The molecule has 1 aromatic carbocycles. The van der Waals surface area contributed by atoms with Gasteiger partial charge >= 0.3 is 0 Å². The third-order valence-corrected chi connectivity index (χ3v) is 5.95. The van der Waals surface area contributed by atoms with Gasteiger partial charge in [-0.3, -0.25) is 9.48 Å². The number of rotatable bonds is 4. The van der Waals surface area contributed by atoms with Gasteiger partial charge in [-0.15, -0.1) is 11.3 Å². The highest BCUT2D eigenvalue weighted by Gasteiger charge is 2.21. The molecule has 0 bridgehead atoms. The molecule has 4 nitrogen and oxygen atoms in total. The largest absolute Gasteiger partial charge is 0.321 e. The van der Waals surface area contributed by atoms with Gasteiger partial charge in [0.15, 0.2) is 0 Å². The number of thiophene rings is 1. The minimum atomic E-state index is -0.0139. The molecule has 0 aliphatic heterocycles. The number of fused-ring (bicyclic) bond motifs is 1. The first-order valence-electron chi connectivity index (χ1n) is 8.67. The molecule has 1 amide bonds. The highest BCUT2D eigenvalue weighted by Crippen LogP contribution is 2.32. The van der Waals surface area contributed by atoms with Crippen LogP contribution in [0.25, 0.3) is 0 Å². The fourth-order valence-corrected chi connectivity index (χ4v) is 4.45. The Morgan fingerprint density at radius 2 is 2.24 bits per heavy atom. The zero-order valence-electron chi connectivity index (χ0n) is 14.2. The molecular formula is C20H21N3OS. The van der Waals surface area contributed by atoms with Crippen LogP contribution in [0.3, 0.4) is 0 Å². The maximum absolute atomic E-state index is 12.7. The second-order valence-electron chi connectivity index (χ2n) is 6.72. The third kappa shape index (κ3) is 3.51. The number of anilines is 1. The average molecular weight is 351 g/mol. The molecule has 1 aliphatic rings. The van der Waals surface area contributed by atoms with Crippen LogP contribution in [-0.2, 0) is 19.4 Å². The molecule has 128 valence electrons. The van der Waals surface area contributed by atoms with Gasteiger partial charge in [-0.1, -0.05) is 25.1 Å². The van der Waals surface area contributed by atoms with E-state index in [9.17, 15) is 4.79 Å². The molecule has 25 heavy (non-hydrogen) atoms. The molecule has 1 N–H and O–H groups in total. The van der Waals surface area contributed by atoms with Gasteiger partial charge in [0.2, 0.25) is 0 Å². The lowest BCUT2D eigenvalue weighted by molar-refractivity contribution is 0.103. The van der Waals surface area contributed by atoms with E-state index in [4.69, 9.17) is 0 Å². The number of aromatic nitrogens is 2. The van der Waals surface area contributed by atoms with E-state index < -0.39 is 0 Å². The number of carbonyl (C=O) groups excluding carboxylic acids is 1. The van der Waals surface area contributed by atoms with Crippen molar-refractivity contribution in [2.75, 3.05) is 5.32 Å². The summed E-state index contributed by atoms with van der Waals surface area (Å²) in [6.07, 6.45) is 7.10. The van der Waals surface area contributed by atoms with E-state index in [1.807, 2.05) is 41.2 Å². The number of nitrogens with one attached hydrogen (secondary N) is 1. The molecule has 2 aromatic heterocycles. The normalized spacial score (nSPS) is 16.4. The van der Waals surface area contributed by atoms with Gasteiger partial charge in [0.25, 0.3) is 5.91 Å². The molecule has 0 fully saturated rings. The summed E-state index contributed by atoms with van der Waals surface area (Å²) >= 11 is 1.65. The topological polar surface area (TPSA) is 46.9 Å². The van der Waals surface area contributed by atoms with Crippen molar-refractivity contribution in [2.24, 2.45) is 5.92 Å². The Morgan fingerprint density at radius 1 is 1.36 bits per heavy atom. The van der Waals surface area contributed by atoms with Gasteiger partial charge in [-0.25, -0.2) is 0 Å². The number of amides is 1. The molecule has 2 heterocycles. The third-order valence-electron chi connectivity index (χ3n) is 4.71. The summed E-state index contributed by atoms with van der Waals surface area (Å²) in [6.45, 7) is 2.92. The van der Waals surface area contributed by atoms with Crippen molar-refractivity contribution in [1.82, 2.24) is 9.78 Å². The molecule has 1 unspecified atom stereocenters. The Morgan fingerprint density at radius 3 is 3.08 bits per heavy atom. The quantitative estimate of drug-likeness (QED) is 0.759. The minimum absolute atomic E-state index is 0.0139. The van der Waals surface area contributed by atoms with E-state index in [0.717, 1.165) is 29.0 Å². The standard InChI is InChI=1S/C20H21N3OS/c1-14-7-8-18-16(11-14)12-19(25-18)20(24)22-17-6-3-2-5-15(17)13-23-10-4-9-21-23/h2-6,9-10,12,14H,7-8,11,13H2,1H3,(H,22,24). The Hall–Kier alpha value is -2.40. The molecule has 1 atom stereocenters. The first-order chi connectivity index (χ1) is 12.2. The van der Waals surface area contributed by atoms with Crippen molar-refractivity contribution in [2.45, 2.75) is 32.7 Å². The van der Waals surface area contributed by atoms with Gasteiger partial charge < -0.3 is 5.32 Å². The van der Waals surface area contributed by atoms with E-state index in [-0.39, 0.29) is 5.91 Å². The van der Waals surface area contributed by atoms with Crippen LogP contribution in [0.4, 0.5) is 5.69 Å². The number of benzene rings is 1. The summed E-state index contributed by atoms with van der Waals surface area (Å²) in [4.78, 5) is 14.9. The number of hydrogen-bond donors (Lipinski definition) is 1. The van der Waals surface area contributed by atoms with Crippen molar-refractivity contribution >= 4 is 22.9 Å². The molecule has 0 spiro atoms. The number of carbonyl (C=O) groups is 1. The van der Waals surface area contributed by atoms with Crippen molar-refractivity contribution in [1.29, 1.82) is 0 Å². The van der Waals surface area contributed by atoms with E-state index in [2.05, 4.69) is 23.4 Å². The Kier molecular flexibility index (Phi) is 4.40. The van der Waals surface area contributed by atoms with Gasteiger partial charge in [-0.2, -0.15) is 5.10 Å². The second kappa shape index (κ2) is 6.84. The van der Waals surface area contributed by atoms with Crippen molar-refractivity contribution in [3.05, 3.63) is 69.7 Å². The van der Waals surface area contributed by atoms with Crippen LogP contribution >= 0.6 is 11.3 Å². The maximum Gasteiger partial charge on any atom is 0.265 e. The number of para-hydroxylation sites is 1. The molecule has 0 saturated heterocycles. The van der Waals surface area contributed by atoms with Gasteiger partial charge in [-0.05, 0) is 54.5 Å². The number of aryl methyl sites for hydroxylation is 1. The molecule has 5 heteroatoms. The lowest BCUT2D eigenvalue weighted by Crippen LogP contribution is -2.13. The highest BCUT2D eigenvalue weighted by molar-refractivity contribution is 7.14. The molecule has 4 rings (SSSR count). The Balaban J connectivity index is 1.53. The maximum atomic E-state index is 12.7. The van der Waals surface area contributed by atoms with Gasteiger partial charge in [0.05, 0.1) is 11.4 Å². The summed E-state index contributed by atoms with van der Waals surface area (Å²) in [5.74, 6) is 0.702. The molecule has 3 aromatic rings. The van der Waals surface area contributed by atoms with E-state index in [0.29, 0.717) is 12.5 Å². The predicted molar refractivity (Wildman–Crippen MR) is 101 cm³/mol. The predicted octanol–water partition coefficient (Wildman–Crippen LogP) is 4.37. The van der Waals surface area contributed by atoms with Crippen LogP contribution in [0.15, 0.2) is 48.8 Å². The van der Waals surface area contributed by atoms with Crippen molar-refractivity contribution in [3.63, 3.8) is 0 Å². The summed E-state index contributed by atoms with van der Waals surface area (Å²) < 4.78 is 1.86. The van der Waals surface area contributed by atoms with E-state index in [1.165, 1.54) is 16.9 Å². The molecule has 0 saturated carbocycles. The monoisotopic (exact) mass is 351 g/mol. The molecule has 0 radical (unpaired) electrons. The van der Waals surface area contributed by atoms with Crippen LogP contribution in [0, 0.1) is 5.92 Å². The number of nitrogens with zero attached hydrogens (tertiary/aromatic N) is 2. The van der Waals surface area contributed by atoms with E-state index >= 15 is 0 Å². The lowest BCUT2D eigenvalue weighted by Gasteiger charge is -2.16. The van der Waals surface area contributed by atoms with Gasteiger partial charge in [0, 0.05) is 23.0 Å². The highest BCUT2D eigenvalue weighted by atomic mass is 32.1. The Bertz CT molecular complexity index is 882. The van der Waals surface area contributed by atoms with Crippen molar-refractivity contribution < 1.29 is 4.79 Å². The lowest BCUT2D eigenvalue weighted by atomic mass is 9.90. The zero-order chi connectivity index (χ0) is 17.2. The van der Waals surface area contributed by atoms with Crippen molar-refractivity contribution in [3.8, 4) is 0 Å². The van der Waals surface area contributed by atoms with Crippen LogP contribution in [0.2, 0.25) is 0 Å². The average Bonchev–Trinajstić information content (AvgIpc) is 3.25. The summed E-state index contributed by atoms with van der Waals surface area (Å²) in [6, 6.07) is 11.9. The summed E-state index contributed by atoms with van der Waals surface area (Å²) in [5.41, 5.74) is 3.26. The summed E-state index contributed by atoms with van der Waals surface area (Å²) in [7, 11) is 0. The smallest absolute Gasteiger partial charge is 0.265 e. The second-order valence-corrected chi connectivity index (χ2v) is 7.86. The van der Waals surface area contributed by atoms with Gasteiger partial charge in [0.1, 0.15) is 0 Å². The van der Waals surface area contributed by atoms with Crippen LogP contribution in [-0.4, -0.2) is 15.7 Å². The zero-order valence-corrected chi connectivity index (χ0v) is 15.1. The van der Waals surface area contributed by atoms with E-state index in [1.54, 1.807) is 17.5 Å². The molecular weight excluding hydrogens is 330 g/mol. The van der Waals surface area contributed by atoms with Crippen LogP contribution in [0.1, 0.15) is 39.0 Å². The van der Waals surface area contributed by atoms with Crippen LogP contribution in [0.5, 0.6) is 0 Å². The Labute approximate surface area is 151 Å². The fourth-order valence-electron chi connectivity index (χ4n) is 3.35. The summed E-state index contributed by atoms with van der Waals surface area (Å²) in [5, 5.41) is 7.34. The number of hydrogen-bond acceptors (Lipinski definition) is 3. The fraction of sp³-hybridized carbons (Fsp3) is 0.300. The SMILES string of the molecule is CC1CCc2sc(C(=O)Nc3ccccc3Cn3cccn3)cc2C1.